The normalized spacial score (nSPS) is 10.9. The van der Waals surface area contributed by atoms with Gasteiger partial charge in [0, 0.05) is 9.35 Å². The van der Waals surface area contributed by atoms with Crippen molar-refractivity contribution in [1.29, 1.82) is 0 Å². The molecule has 0 spiro atoms. The first-order chi connectivity index (χ1) is 9.11. The van der Waals surface area contributed by atoms with E-state index in [9.17, 15) is 0 Å². The third-order valence-electron chi connectivity index (χ3n) is 2.48. The van der Waals surface area contributed by atoms with Crippen molar-refractivity contribution >= 4 is 49.1 Å². The van der Waals surface area contributed by atoms with E-state index in [0.717, 1.165) is 19.6 Å². The molecule has 3 rings (SSSR count). The predicted molar refractivity (Wildman–Crippen MR) is 81.4 cm³/mol. The lowest BCUT2D eigenvalue weighted by Crippen LogP contribution is -1.90. The number of rotatable bonds is 2. The number of thiophene rings is 1. The Balaban J connectivity index is 2.06. The van der Waals surface area contributed by atoms with Crippen molar-refractivity contribution in [3.05, 3.63) is 45.0 Å². The van der Waals surface area contributed by atoms with Gasteiger partial charge in [-0.15, -0.1) is 11.3 Å². The van der Waals surface area contributed by atoms with Gasteiger partial charge in [-0.25, -0.2) is 4.98 Å². The number of aromatic nitrogens is 2. The second-order valence-electron chi connectivity index (χ2n) is 3.93. The van der Waals surface area contributed by atoms with Crippen molar-refractivity contribution < 1.29 is 4.74 Å². The van der Waals surface area contributed by atoms with Crippen LogP contribution in [0.2, 0.25) is 5.28 Å². The van der Waals surface area contributed by atoms with Gasteiger partial charge in [0.2, 0.25) is 11.2 Å². The van der Waals surface area contributed by atoms with Gasteiger partial charge >= 0.3 is 0 Å². The summed E-state index contributed by atoms with van der Waals surface area (Å²) in [5.74, 6) is 1.20. The molecule has 0 aliphatic heterocycles. The van der Waals surface area contributed by atoms with E-state index in [0.29, 0.717) is 11.6 Å². The molecule has 96 valence electrons. The number of nitrogens with zero attached hydrogens (tertiary/aromatic N) is 2. The van der Waals surface area contributed by atoms with Crippen LogP contribution in [0.4, 0.5) is 0 Å². The Morgan fingerprint density at radius 1 is 1.21 bits per heavy atom. The zero-order valence-corrected chi connectivity index (χ0v) is 13.0. The highest BCUT2D eigenvalue weighted by atomic mass is 79.9. The number of fused-ring (bicyclic) bond motifs is 1. The fraction of sp³-hybridized carbons (Fsp3) is 0.0769. The molecule has 6 heteroatoms. The third-order valence-corrected chi connectivity index (χ3v) is 4.12. The van der Waals surface area contributed by atoms with Crippen molar-refractivity contribution in [3.8, 4) is 11.6 Å². The molecule has 19 heavy (non-hydrogen) atoms. The summed E-state index contributed by atoms with van der Waals surface area (Å²) in [4.78, 5) is 10.3. The van der Waals surface area contributed by atoms with Crippen LogP contribution in [-0.4, -0.2) is 9.97 Å². The average molecular weight is 356 g/mol. The highest BCUT2D eigenvalue weighted by Crippen LogP contribution is 2.33. The zero-order chi connectivity index (χ0) is 13.4. The van der Waals surface area contributed by atoms with E-state index >= 15 is 0 Å². The van der Waals surface area contributed by atoms with E-state index in [1.54, 1.807) is 11.3 Å². The SMILES string of the molecule is Cc1cc2c(Oc3ccc(Br)cc3)nc(Cl)nc2s1. The van der Waals surface area contributed by atoms with Gasteiger partial charge in [0.05, 0.1) is 5.39 Å². The summed E-state index contributed by atoms with van der Waals surface area (Å²) >= 11 is 10.9. The van der Waals surface area contributed by atoms with Crippen LogP contribution in [0.3, 0.4) is 0 Å². The van der Waals surface area contributed by atoms with Gasteiger partial charge in [0.25, 0.3) is 0 Å². The van der Waals surface area contributed by atoms with Gasteiger partial charge in [-0.1, -0.05) is 15.9 Å². The molecule has 3 aromatic rings. The number of hydrogen-bond acceptors (Lipinski definition) is 4. The smallest absolute Gasteiger partial charge is 0.232 e. The Hall–Kier alpha value is -1.17. The van der Waals surface area contributed by atoms with Gasteiger partial charge in [-0.2, -0.15) is 4.98 Å². The lowest BCUT2D eigenvalue weighted by Gasteiger charge is -2.05. The molecule has 0 saturated carbocycles. The van der Waals surface area contributed by atoms with Crippen LogP contribution in [-0.2, 0) is 0 Å². The van der Waals surface area contributed by atoms with Crippen LogP contribution in [0.1, 0.15) is 4.88 Å². The third kappa shape index (κ3) is 2.73. The first-order valence-corrected chi connectivity index (χ1v) is 7.48. The second-order valence-corrected chi connectivity index (χ2v) is 6.42. The minimum absolute atomic E-state index is 0.196. The molecule has 0 amide bonds. The molecular formula is C13H8BrClN2OS. The van der Waals surface area contributed by atoms with Crippen LogP contribution < -0.4 is 4.74 Å². The lowest BCUT2D eigenvalue weighted by molar-refractivity contribution is 0.468. The highest BCUT2D eigenvalue weighted by Gasteiger charge is 2.11. The minimum Gasteiger partial charge on any atom is -0.438 e. The summed E-state index contributed by atoms with van der Waals surface area (Å²) in [7, 11) is 0. The van der Waals surface area contributed by atoms with Crippen LogP contribution in [0.25, 0.3) is 10.2 Å². The topological polar surface area (TPSA) is 35.0 Å². The standard InChI is InChI=1S/C13H8BrClN2OS/c1-7-6-10-11(16-13(15)17-12(10)19-7)18-9-4-2-8(14)3-5-9/h2-6H,1H3. The number of halogens is 2. The largest absolute Gasteiger partial charge is 0.438 e. The maximum Gasteiger partial charge on any atom is 0.232 e. The van der Waals surface area contributed by atoms with E-state index in [2.05, 4.69) is 25.9 Å². The van der Waals surface area contributed by atoms with Gasteiger partial charge < -0.3 is 4.74 Å². The first kappa shape index (κ1) is 12.8. The molecule has 0 N–H and O–H groups in total. The second kappa shape index (κ2) is 5.07. The van der Waals surface area contributed by atoms with E-state index in [1.807, 2.05) is 37.3 Å². The van der Waals surface area contributed by atoms with E-state index in [-0.39, 0.29) is 5.28 Å². The summed E-state index contributed by atoms with van der Waals surface area (Å²) in [5.41, 5.74) is 0. The van der Waals surface area contributed by atoms with E-state index in [4.69, 9.17) is 16.3 Å². The molecule has 0 aliphatic carbocycles. The van der Waals surface area contributed by atoms with Crippen molar-refractivity contribution in [2.24, 2.45) is 0 Å². The molecule has 0 fully saturated rings. The fourth-order valence-electron chi connectivity index (χ4n) is 1.68. The molecule has 0 radical (unpaired) electrons. The molecular weight excluding hydrogens is 348 g/mol. The number of benzene rings is 1. The molecule has 0 unspecified atom stereocenters. The Morgan fingerprint density at radius 2 is 1.95 bits per heavy atom. The molecule has 0 atom stereocenters. The van der Waals surface area contributed by atoms with Crippen LogP contribution in [0.15, 0.2) is 34.8 Å². The molecule has 3 nitrogen and oxygen atoms in total. The Morgan fingerprint density at radius 3 is 2.68 bits per heavy atom. The van der Waals surface area contributed by atoms with E-state index < -0.39 is 0 Å². The Labute approximate surface area is 127 Å². The molecule has 0 bridgehead atoms. The maximum atomic E-state index is 5.92. The average Bonchev–Trinajstić information content (AvgIpc) is 2.72. The quantitative estimate of drug-likeness (QED) is 0.592. The fourth-order valence-corrected chi connectivity index (χ4v) is 3.03. The van der Waals surface area contributed by atoms with Crippen molar-refractivity contribution in [1.82, 2.24) is 9.97 Å². The maximum absolute atomic E-state index is 5.92. The Bertz CT molecular complexity index is 742. The summed E-state index contributed by atoms with van der Waals surface area (Å²) in [5, 5.41) is 1.08. The van der Waals surface area contributed by atoms with Crippen LogP contribution >= 0.6 is 38.9 Å². The number of hydrogen-bond donors (Lipinski definition) is 0. The van der Waals surface area contributed by atoms with Crippen molar-refractivity contribution in [2.75, 3.05) is 0 Å². The van der Waals surface area contributed by atoms with Crippen LogP contribution in [0.5, 0.6) is 11.6 Å². The number of ether oxygens (including phenoxy) is 1. The lowest BCUT2D eigenvalue weighted by atomic mass is 10.3. The minimum atomic E-state index is 0.196. The first-order valence-electron chi connectivity index (χ1n) is 5.49. The summed E-state index contributed by atoms with van der Waals surface area (Å²) in [6.45, 7) is 2.02. The van der Waals surface area contributed by atoms with Crippen molar-refractivity contribution in [2.45, 2.75) is 6.92 Å². The van der Waals surface area contributed by atoms with Crippen molar-refractivity contribution in [3.63, 3.8) is 0 Å². The molecule has 2 aromatic heterocycles. The van der Waals surface area contributed by atoms with Gasteiger partial charge in [-0.3, -0.25) is 0 Å². The molecule has 0 saturated heterocycles. The highest BCUT2D eigenvalue weighted by molar-refractivity contribution is 9.10. The van der Waals surface area contributed by atoms with E-state index in [1.165, 1.54) is 0 Å². The predicted octanol–water partition coefficient (Wildman–Crippen LogP) is 5.21. The van der Waals surface area contributed by atoms with Crippen LogP contribution in [0, 0.1) is 6.92 Å². The van der Waals surface area contributed by atoms with Gasteiger partial charge in [0.15, 0.2) is 0 Å². The zero-order valence-electron chi connectivity index (χ0n) is 9.85. The monoisotopic (exact) mass is 354 g/mol. The number of aryl methyl sites for hydroxylation is 1. The summed E-state index contributed by atoms with van der Waals surface area (Å²) in [6.07, 6.45) is 0. The summed E-state index contributed by atoms with van der Waals surface area (Å²) < 4.78 is 6.79. The van der Waals surface area contributed by atoms with Gasteiger partial charge in [-0.05, 0) is 48.9 Å². The molecule has 2 heterocycles. The summed E-state index contributed by atoms with van der Waals surface area (Å²) in [6, 6.07) is 9.56. The molecule has 1 aromatic carbocycles. The Kier molecular flexibility index (Phi) is 3.43. The van der Waals surface area contributed by atoms with Gasteiger partial charge in [0.1, 0.15) is 10.6 Å². The molecule has 0 aliphatic rings.